The van der Waals surface area contributed by atoms with Gasteiger partial charge in [0.05, 0.1) is 0 Å². The Morgan fingerprint density at radius 3 is 2.52 bits per heavy atom. The van der Waals surface area contributed by atoms with Crippen LogP contribution in [0.2, 0.25) is 0 Å². The van der Waals surface area contributed by atoms with Crippen LogP contribution in [0.3, 0.4) is 0 Å². The number of nitrogens with one attached hydrogen (secondary N) is 1. The van der Waals surface area contributed by atoms with E-state index in [1.165, 1.54) is 5.56 Å². The molecular formula is C21H29N3O3. The fourth-order valence-electron chi connectivity index (χ4n) is 3.89. The summed E-state index contributed by atoms with van der Waals surface area (Å²) in [7, 11) is 0. The molecule has 0 radical (unpaired) electrons. The van der Waals surface area contributed by atoms with Crippen LogP contribution in [0.5, 0.6) is 0 Å². The molecule has 0 bridgehead atoms. The Labute approximate surface area is 160 Å². The number of piperidine rings is 1. The molecule has 3 rings (SSSR count). The molecule has 0 spiro atoms. The molecule has 2 aliphatic rings. The summed E-state index contributed by atoms with van der Waals surface area (Å²) in [6.45, 7) is 9.21. The van der Waals surface area contributed by atoms with Crippen molar-refractivity contribution in [3.8, 4) is 0 Å². The summed E-state index contributed by atoms with van der Waals surface area (Å²) in [5, 5.41) is 2.78. The van der Waals surface area contributed by atoms with Gasteiger partial charge in [-0.3, -0.25) is 14.5 Å². The number of carbonyl (C=O) groups is 3. The molecule has 146 valence electrons. The lowest BCUT2D eigenvalue weighted by Crippen LogP contribution is -2.47. The Hall–Kier alpha value is -2.37. The molecular weight excluding hydrogens is 342 g/mol. The van der Waals surface area contributed by atoms with E-state index in [1.807, 2.05) is 24.3 Å². The number of rotatable bonds is 4. The fraction of sp³-hybridized carbons (Fsp3) is 0.571. The number of benzene rings is 1. The first-order valence-electron chi connectivity index (χ1n) is 9.74. The predicted molar refractivity (Wildman–Crippen MR) is 103 cm³/mol. The minimum Gasteiger partial charge on any atom is -0.341 e. The molecule has 27 heavy (non-hydrogen) atoms. The highest BCUT2D eigenvalue weighted by Crippen LogP contribution is 2.30. The van der Waals surface area contributed by atoms with Gasteiger partial charge in [0.15, 0.2) is 0 Å². The molecule has 2 fully saturated rings. The van der Waals surface area contributed by atoms with Crippen molar-refractivity contribution in [1.29, 1.82) is 0 Å². The summed E-state index contributed by atoms with van der Waals surface area (Å²) in [6, 6.07) is 7.21. The van der Waals surface area contributed by atoms with Gasteiger partial charge in [0, 0.05) is 13.1 Å². The zero-order valence-electron chi connectivity index (χ0n) is 16.6. The number of nitrogens with zero attached hydrogens (tertiary/aromatic N) is 2. The topological polar surface area (TPSA) is 69.7 Å². The van der Waals surface area contributed by atoms with Crippen molar-refractivity contribution >= 4 is 17.8 Å². The van der Waals surface area contributed by atoms with Crippen LogP contribution in [-0.2, 0) is 15.1 Å². The molecule has 1 N–H and O–H groups in total. The third kappa shape index (κ3) is 3.70. The van der Waals surface area contributed by atoms with Gasteiger partial charge in [-0.2, -0.15) is 0 Å². The maximum absolute atomic E-state index is 13.0. The van der Waals surface area contributed by atoms with Crippen molar-refractivity contribution in [1.82, 2.24) is 15.1 Å². The summed E-state index contributed by atoms with van der Waals surface area (Å²) in [5.41, 5.74) is 0.763. The Balaban J connectivity index is 1.74. The van der Waals surface area contributed by atoms with Crippen molar-refractivity contribution in [3.05, 3.63) is 35.4 Å². The second-order valence-corrected chi connectivity index (χ2v) is 8.31. The highest BCUT2D eigenvalue weighted by Gasteiger charge is 2.49. The van der Waals surface area contributed by atoms with E-state index in [4.69, 9.17) is 0 Å². The zero-order chi connectivity index (χ0) is 19.8. The second kappa shape index (κ2) is 7.33. The molecule has 2 heterocycles. The van der Waals surface area contributed by atoms with Crippen LogP contribution < -0.4 is 5.32 Å². The van der Waals surface area contributed by atoms with Crippen LogP contribution in [0.4, 0.5) is 4.79 Å². The summed E-state index contributed by atoms with van der Waals surface area (Å²) >= 11 is 0. The lowest BCUT2D eigenvalue weighted by molar-refractivity contribution is -0.139. The third-order valence-corrected chi connectivity index (χ3v) is 5.73. The van der Waals surface area contributed by atoms with E-state index < -0.39 is 11.6 Å². The normalized spacial score (nSPS) is 25.9. The lowest BCUT2D eigenvalue weighted by Gasteiger charge is -2.31. The number of hydrogen-bond acceptors (Lipinski definition) is 3. The molecule has 6 nitrogen and oxygen atoms in total. The Bertz CT molecular complexity index is 744. The Morgan fingerprint density at radius 2 is 1.93 bits per heavy atom. The molecule has 0 saturated carbocycles. The molecule has 1 aromatic carbocycles. The van der Waals surface area contributed by atoms with Gasteiger partial charge in [0.25, 0.3) is 5.91 Å². The monoisotopic (exact) mass is 371 g/mol. The van der Waals surface area contributed by atoms with E-state index in [1.54, 1.807) is 11.8 Å². The standard InChI is InChI=1S/C21H29N3O3/c1-14(2)16-7-9-17(10-8-16)21(4)19(26)24(20(27)22-21)13-18(25)23-11-5-6-15(3)12-23/h7-10,14-15H,5-6,11-13H2,1-4H3,(H,22,27). The quantitative estimate of drug-likeness (QED) is 0.828. The van der Waals surface area contributed by atoms with Gasteiger partial charge in [-0.25, -0.2) is 4.79 Å². The molecule has 6 heteroatoms. The van der Waals surface area contributed by atoms with Crippen molar-refractivity contribution in [2.45, 2.75) is 52.0 Å². The van der Waals surface area contributed by atoms with Crippen molar-refractivity contribution in [2.75, 3.05) is 19.6 Å². The molecule has 2 saturated heterocycles. The molecule has 4 amide bonds. The molecule has 0 aromatic heterocycles. The summed E-state index contributed by atoms with van der Waals surface area (Å²) in [6.07, 6.45) is 2.07. The summed E-state index contributed by atoms with van der Waals surface area (Å²) in [4.78, 5) is 40.9. The van der Waals surface area contributed by atoms with Crippen LogP contribution in [0.15, 0.2) is 24.3 Å². The average Bonchev–Trinajstić information content (AvgIpc) is 2.86. The molecule has 2 aliphatic heterocycles. The van der Waals surface area contributed by atoms with Crippen molar-refractivity contribution in [2.24, 2.45) is 5.92 Å². The number of carbonyl (C=O) groups excluding carboxylic acids is 3. The predicted octanol–water partition coefficient (Wildman–Crippen LogP) is 2.84. The van der Waals surface area contributed by atoms with Gasteiger partial charge >= 0.3 is 6.03 Å². The Morgan fingerprint density at radius 1 is 1.26 bits per heavy atom. The third-order valence-electron chi connectivity index (χ3n) is 5.73. The number of imide groups is 1. The molecule has 2 unspecified atom stereocenters. The lowest BCUT2D eigenvalue weighted by atomic mass is 9.90. The number of likely N-dealkylation sites (tertiary alicyclic amines) is 1. The van der Waals surface area contributed by atoms with Crippen LogP contribution >= 0.6 is 0 Å². The first-order valence-corrected chi connectivity index (χ1v) is 9.74. The highest BCUT2D eigenvalue weighted by atomic mass is 16.2. The van der Waals surface area contributed by atoms with Crippen molar-refractivity contribution in [3.63, 3.8) is 0 Å². The van der Waals surface area contributed by atoms with Gasteiger partial charge in [-0.1, -0.05) is 45.0 Å². The van der Waals surface area contributed by atoms with Crippen LogP contribution in [0.1, 0.15) is 57.6 Å². The highest BCUT2D eigenvalue weighted by molar-refractivity contribution is 6.09. The number of amides is 4. The van der Waals surface area contributed by atoms with E-state index in [2.05, 4.69) is 26.1 Å². The number of urea groups is 1. The smallest absolute Gasteiger partial charge is 0.325 e. The minimum atomic E-state index is -1.14. The fourth-order valence-corrected chi connectivity index (χ4v) is 3.89. The summed E-state index contributed by atoms with van der Waals surface area (Å²) in [5.74, 6) is 0.310. The van der Waals surface area contributed by atoms with E-state index in [0.29, 0.717) is 24.9 Å². The van der Waals surface area contributed by atoms with Gasteiger partial charge in [-0.05, 0) is 42.7 Å². The van der Waals surface area contributed by atoms with E-state index in [-0.39, 0.29) is 18.4 Å². The van der Waals surface area contributed by atoms with E-state index >= 15 is 0 Å². The van der Waals surface area contributed by atoms with Crippen LogP contribution in [0.25, 0.3) is 0 Å². The molecule has 1 aromatic rings. The van der Waals surface area contributed by atoms with Crippen molar-refractivity contribution < 1.29 is 14.4 Å². The van der Waals surface area contributed by atoms with Crippen LogP contribution in [-0.4, -0.2) is 47.3 Å². The minimum absolute atomic E-state index is 0.163. The molecule has 0 aliphatic carbocycles. The number of hydrogen-bond donors (Lipinski definition) is 1. The molecule has 2 atom stereocenters. The average molecular weight is 371 g/mol. The first-order chi connectivity index (χ1) is 12.7. The van der Waals surface area contributed by atoms with E-state index in [0.717, 1.165) is 23.3 Å². The first kappa shape index (κ1) is 19.4. The largest absolute Gasteiger partial charge is 0.341 e. The van der Waals surface area contributed by atoms with Gasteiger partial charge in [0.1, 0.15) is 12.1 Å². The van der Waals surface area contributed by atoms with Crippen LogP contribution in [0, 0.1) is 5.92 Å². The summed E-state index contributed by atoms with van der Waals surface area (Å²) < 4.78 is 0. The second-order valence-electron chi connectivity index (χ2n) is 8.31. The van der Waals surface area contributed by atoms with E-state index in [9.17, 15) is 14.4 Å². The SMILES string of the molecule is CC1CCCN(C(=O)CN2C(=O)NC(C)(c3ccc(C(C)C)cc3)C2=O)C1. The zero-order valence-corrected chi connectivity index (χ0v) is 16.6. The van der Waals surface area contributed by atoms with Gasteiger partial charge < -0.3 is 10.2 Å². The maximum Gasteiger partial charge on any atom is 0.325 e. The maximum atomic E-state index is 13.0. The van der Waals surface area contributed by atoms with Gasteiger partial charge in [-0.15, -0.1) is 0 Å². The Kier molecular flexibility index (Phi) is 5.27. The van der Waals surface area contributed by atoms with Gasteiger partial charge in [0.2, 0.25) is 5.91 Å².